The first-order valence-electron chi connectivity index (χ1n) is 11.4. The van der Waals surface area contributed by atoms with E-state index >= 15 is 0 Å². The Morgan fingerprint density at radius 3 is 1.28 bits per heavy atom. The van der Waals surface area contributed by atoms with Crippen molar-refractivity contribution in [2.24, 2.45) is 0 Å². The average molecular weight is 437 g/mol. The molecule has 0 spiro atoms. The lowest BCUT2D eigenvalue weighted by Crippen LogP contribution is -2.32. The molecule has 0 amide bonds. The number of hydrogen-bond donors (Lipinski definition) is 4. The van der Waals surface area contributed by atoms with E-state index in [2.05, 4.69) is 13.8 Å². The first kappa shape index (κ1) is 28.5. The van der Waals surface area contributed by atoms with E-state index in [-0.39, 0.29) is 0 Å². The molecule has 6 nitrogen and oxygen atoms in total. The summed E-state index contributed by atoms with van der Waals surface area (Å²) in [6.45, 7) is 4.28. The molecule has 0 saturated heterocycles. The summed E-state index contributed by atoms with van der Waals surface area (Å²) in [5.74, 6) is -2.53. The van der Waals surface area contributed by atoms with Gasteiger partial charge >= 0.3 is 0 Å². The zero-order chi connectivity index (χ0) is 22.1. The maximum absolute atomic E-state index is 12.1. The van der Waals surface area contributed by atoms with E-state index in [0.717, 1.165) is 51.4 Å². The predicted molar refractivity (Wildman–Crippen MR) is 121 cm³/mol. The average Bonchev–Trinajstić information content (AvgIpc) is 2.66. The monoisotopic (exact) mass is 436 g/mol. The lowest BCUT2D eigenvalue weighted by molar-refractivity contribution is -0.125. The minimum atomic E-state index is -3.47. The predicted octanol–water partition coefficient (Wildman–Crippen LogP) is 5.10. The van der Waals surface area contributed by atoms with Crippen molar-refractivity contribution in [1.29, 1.82) is 0 Å². The molecular weight excluding hydrogens is 392 g/mol. The minimum Gasteiger partial charge on any atom is -0.385 e. The van der Waals surface area contributed by atoms with Crippen LogP contribution in [0, 0.1) is 0 Å². The van der Waals surface area contributed by atoms with E-state index in [0.29, 0.717) is 25.7 Å². The highest BCUT2D eigenvalue weighted by Gasteiger charge is 2.27. The Hall–Kier alpha value is -0.470. The standard InChI is InChI=1S/C22H44O6S/c1-3-5-7-9-11-13-15-19(23)21(25)17-29(27,28)18-22(26)20(24)16-14-12-10-8-6-4-2/h19-20,23-24,27-28H,3-18H2,1-2H3. The third kappa shape index (κ3) is 16.0. The number of carbonyl (C=O) groups is 2. The highest BCUT2D eigenvalue weighted by atomic mass is 32.3. The fraction of sp³-hybridized carbons (Fsp3) is 0.909. The van der Waals surface area contributed by atoms with Gasteiger partial charge in [-0.1, -0.05) is 90.9 Å². The number of ketones is 2. The molecule has 0 aromatic carbocycles. The van der Waals surface area contributed by atoms with Crippen LogP contribution in [0.4, 0.5) is 0 Å². The van der Waals surface area contributed by atoms with Gasteiger partial charge < -0.3 is 10.2 Å². The molecule has 2 unspecified atom stereocenters. The lowest BCUT2D eigenvalue weighted by Gasteiger charge is -2.32. The fourth-order valence-electron chi connectivity index (χ4n) is 3.26. The van der Waals surface area contributed by atoms with Crippen LogP contribution in [-0.2, 0) is 9.59 Å². The van der Waals surface area contributed by atoms with Crippen molar-refractivity contribution < 1.29 is 28.9 Å². The summed E-state index contributed by atoms with van der Waals surface area (Å²) in [6, 6.07) is 0. The molecule has 0 saturated carbocycles. The molecule has 174 valence electrons. The Morgan fingerprint density at radius 2 is 0.931 bits per heavy atom. The summed E-state index contributed by atoms with van der Waals surface area (Å²) < 4.78 is 20.1. The van der Waals surface area contributed by atoms with Gasteiger partial charge in [-0.2, -0.15) is 10.6 Å². The first-order valence-corrected chi connectivity index (χ1v) is 13.3. The number of rotatable bonds is 20. The summed E-state index contributed by atoms with van der Waals surface area (Å²) in [5.41, 5.74) is 0. The zero-order valence-corrected chi connectivity index (χ0v) is 19.3. The zero-order valence-electron chi connectivity index (χ0n) is 18.5. The molecule has 7 heteroatoms. The molecule has 29 heavy (non-hydrogen) atoms. The molecule has 0 rings (SSSR count). The molecule has 0 aromatic rings. The van der Waals surface area contributed by atoms with Gasteiger partial charge in [0.25, 0.3) is 0 Å². The van der Waals surface area contributed by atoms with Gasteiger partial charge in [-0.05, 0) is 12.8 Å². The summed E-state index contributed by atoms with van der Waals surface area (Å²) in [6.07, 6.45) is 10.5. The van der Waals surface area contributed by atoms with E-state index in [4.69, 9.17) is 0 Å². The quantitative estimate of drug-likeness (QED) is 0.197. The first-order chi connectivity index (χ1) is 13.7. The molecule has 0 aromatic heterocycles. The van der Waals surface area contributed by atoms with Gasteiger partial charge in [0, 0.05) is 0 Å². The third-order valence-corrected chi connectivity index (χ3v) is 6.65. The second kappa shape index (κ2) is 17.2. The maximum Gasteiger partial charge on any atom is 0.180 e. The van der Waals surface area contributed by atoms with Crippen LogP contribution in [0.1, 0.15) is 104 Å². The number of aliphatic hydroxyl groups excluding tert-OH is 2. The smallest absolute Gasteiger partial charge is 0.180 e. The van der Waals surface area contributed by atoms with Gasteiger partial charge in [0.15, 0.2) is 11.6 Å². The van der Waals surface area contributed by atoms with Gasteiger partial charge in [-0.25, -0.2) is 0 Å². The third-order valence-electron chi connectivity index (χ3n) is 5.15. The topological polar surface area (TPSA) is 115 Å². The Bertz CT molecular complexity index is 403. The number of unbranched alkanes of at least 4 members (excludes halogenated alkanes) is 10. The van der Waals surface area contributed by atoms with Gasteiger partial charge in [0.2, 0.25) is 0 Å². The van der Waals surface area contributed by atoms with Crippen molar-refractivity contribution in [2.45, 2.75) is 116 Å². The van der Waals surface area contributed by atoms with Crippen molar-refractivity contribution in [2.75, 3.05) is 11.5 Å². The summed E-state index contributed by atoms with van der Waals surface area (Å²) in [7, 11) is -3.47. The van der Waals surface area contributed by atoms with Crippen molar-refractivity contribution >= 4 is 22.2 Å². The second-order valence-electron chi connectivity index (χ2n) is 8.17. The highest BCUT2D eigenvalue weighted by molar-refractivity contribution is 8.25. The van der Waals surface area contributed by atoms with E-state index in [1.807, 2.05) is 0 Å². The molecule has 0 fully saturated rings. The van der Waals surface area contributed by atoms with Crippen LogP contribution in [0.25, 0.3) is 0 Å². The highest BCUT2D eigenvalue weighted by Crippen LogP contribution is 2.39. The van der Waals surface area contributed by atoms with Crippen molar-refractivity contribution in [3.63, 3.8) is 0 Å². The SMILES string of the molecule is CCCCCCCCC(O)C(=O)CS(O)(O)CC(=O)C(O)CCCCCCCC. The summed E-state index contributed by atoms with van der Waals surface area (Å²) in [5, 5.41) is 19.9. The van der Waals surface area contributed by atoms with Gasteiger partial charge in [0.1, 0.15) is 12.2 Å². The van der Waals surface area contributed by atoms with Crippen molar-refractivity contribution in [1.82, 2.24) is 0 Å². The van der Waals surface area contributed by atoms with Crippen LogP contribution < -0.4 is 0 Å². The summed E-state index contributed by atoms with van der Waals surface area (Å²) >= 11 is 0. The number of hydrogen-bond acceptors (Lipinski definition) is 6. The van der Waals surface area contributed by atoms with Crippen LogP contribution in [0.5, 0.6) is 0 Å². The Morgan fingerprint density at radius 1 is 0.621 bits per heavy atom. The lowest BCUT2D eigenvalue weighted by atomic mass is 10.1. The van der Waals surface area contributed by atoms with Crippen molar-refractivity contribution in [3.05, 3.63) is 0 Å². The molecule has 0 bridgehead atoms. The van der Waals surface area contributed by atoms with Gasteiger partial charge in [0.05, 0.1) is 11.5 Å². The minimum absolute atomic E-state index is 0.301. The maximum atomic E-state index is 12.1. The van der Waals surface area contributed by atoms with Gasteiger partial charge in [-0.3, -0.25) is 18.7 Å². The summed E-state index contributed by atoms with van der Waals surface area (Å²) in [4.78, 5) is 24.1. The van der Waals surface area contributed by atoms with Crippen LogP contribution in [0.2, 0.25) is 0 Å². The normalized spacial score (nSPS) is 14.6. The van der Waals surface area contributed by atoms with E-state index in [9.17, 15) is 28.9 Å². The number of Topliss-reactive ketones (excluding diaryl/α,β-unsaturated/α-hetero) is 2. The largest absolute Gasteiger partial charge is 0.385 e. The van der Waals surface area contributed by atoms with Crippen LogP contribution in [-0.4, -0.2) is 54.6 Å². The van der Waals surface area contributed by atoms with E-state index < -0.39 is 45.9 Å². The van der Waals surface area contributed by atoms with Gasteiger partial charge in [-0.15, -0.1) is 0 Å². The number of aliphatic hydroxyl groups is 2. The molecular formula is C22H44O6S. The molecule has 0 aliphatic heterocycles. The van der Waals surface area contributed by atoms with E-state index in [1.54, 1.807) is 0 Å². The molecule has 0 aliphatic rings. The Balaban J connectivity index is 4.11. The molecule has 0 radical (unpaired) electrons. The van der Waals surface area contributed by atoms with Crippen LogP contribution in [0.15, 0.2) is 0 Å². The molecule has 2 atom stereocenters. The Kier molecular flexibility index (Phi) is 17.0. The molecule has 4 N–H and O–H groups in total. The second-order valence-corrected chi connectivity index (χ2v) is 10.3. The fourth-order valence-corrected chi connectivity index (χ4v) is 4.66. The van der Waals surface area contributed by atoms with Crippen molar-refractivity contribution in [3.8, 4) is 0 Å². The van der Waals surface area contributed by atoms with Crippen LogP contribution >= 0.6 is 10.6 Å². The van der Waals surface area contributed by atoms with Crippen LogP contribution in [0.3, 0.4) is 0 Å². The molecule has 0 aliphatic carbocycles. The number of carbonyl (C=O) groups excluding carboxylic acids is 2. The van der Waals surface area contributed by atoms with E-state index in [1.165, 1.54) is 12.8 Å². The molecule has 0 heterocycles. The Labute approximate surface area is 178 Å².